The molecular weight excluding hydrogens is 248 g/mol. The Morgan fingerprint density at radius 2 is 2.10 bits per heavy atom. The molecule has 0 bridgehead atoms. The summed E-state index contributed by atoms with van der Waals surface area (Å²) in [5, 5.41) is 0. The highest BCUT2D eigenvalue weighted by Crippen LogP contribution is 2.35. The summed E-state index contributed by atoms with van der Waals surface area (Å²) in [6, 6.07) is 8.71. The number of rotatable bonds is 4. The van der Waals surface area contributed by atoms with Gasteiger partial charge < -0.3 is 10.5 Å². The monoisotopic (exact) mass is 276 g/mol. The number of aryl methyl sites for hydroxylation is 1. The van der Waals surface area contributed by atoms with Crippen molar-refractivity contribution in [2.75, 3.05) is 20.2 Å². The largest absolute Gasteiger partial charge is 0.375 e. The molecule has 0 radical (unpaired) electrons. The van der Waals surface area contributed by atoms with Crippen LogP contribution in [0.25, 0.3) is 0 Å². The molecule has 20 heavy (non-hydrogen) atoms. The van der Waals surface area contributed by atoms with Crippen molar-refractivity contribution < 1.29 is 4.74 Å². The van der Waals surface area contributed by atoms with E-state index in [9.17, 15) is 0 Å². The minimum atomic E-state index is -0.0848. The lowest BCUT2D eigenvalue weighted by molar-refractivity contribution is -0.115. The molecule has 0 aliphatic carbocycles. The van der Waals surface area contributed by atoms with E-state index in [-0.39, 0.29) is 11.1 Å². The van der Waals surface area contributed by atoms with Gasteiger partial charge in [-0.15, -0.1) is 0 Å². The van der Waals surface area contributed by atoms with Crippen LogP contribution in [0.2, 0.25) is 0 Å². The SMILES string of the molecule is Cc1cccc(CN(C)C2(CN)CCOC(C)(C)C2)c1. The predicted molar refractivity (Wildman–Crippen MR) is 83.7 cm³/mol. The van der Waals surface area contributed by atoms with Crippen LogP contribution in [0, 0.1) is 6.92 Å². The van der Waals surface area contributed by atoms with Crippen molar-refractivity contribution in [3.8, 4) is 0 Å². The number of benzene rings is 1. The van der Waals surface area contributed by atoms with Crippen molar-refractivity contribution in [1.82, 2.24) is 4.90 Å². The second-order valence-corrected chi connectivity index (χ2v) is 6.81. The minimum absolute atomic E-state index is 0.0471. The van der Waals surface area contributed by atoms with Crippen LogP contribution in [0.1, 0.15) is 37.8 Å². The van der Waals surface area contributed by atoms with E-state index in [0.717, 1.165) is 26.0 Å². The number of hydrogen-bond donors (Lipinski definition) is 1. The Hall–Kier alpha value is -0.900. The summed E-state index contributed by atoms with van der Waals surface area (Å²) in [5.41, 5.74) is 8.77. The normalized spacial score (nSPS) is 25.9. The van der Waals surface area contributed by atoms with Gasteiger partial charge in [0, 0.05) is 25.2 Å². The molecule has 2 N–H and O–H groups in total. The van der Waals surface area contributed by atoms with Gasteiger partial charge in [-0.05, 0) is 46.2 Å². The average Bonchev–Trinajstić information content (AvgIpc) is 2.37. The molecule has 1 aromatic rings. The van der Waals surface area contributed by atoms with Gasteiger partial charge >= 0.3 is 0 Å². The van der Waals surface area contributed by atoms with Crippen LogP contribution in [-0.4, -0.2) is 36.2 Å². The van der Waals surface area contributed by atoms with Crippen LogP contribution in [0.5, 0.6) is 0 Å². The van der Waals surface area contributed by atoms with Gasteiger partial charge in [-0.1, -0.05) is 29.8 Å². The molecule has 1 unspecified atom stereocenters. The molecule has 1 fully saturated rings. The Kier molecular flexibility index (Phi) is 4.52. The van der Waals surface area contributed by atoms with Crippen molar-refractivity contribution in [2.24, 2.45) is 5.73 Å². The third kappa shape index (κ3) is 3.40. The molecule has 112 valence electrons. The molecule has 2 rings (SSSR count). The van der Waals surface area contributed by atoms with Gasteiger partial charge in [0.15, 0.2) is 0 Å². The first-order valence-electron chi connectivity index (χ1n) is 7.48. The van der Waals surface area contributed by atoms with Crippen LogP contribution >= 0.6 is 0 Å². The van der Waals surface area contributed by atoms with E-state index in [1.54, 1.807) is 0 Å². The van der Waals surface area contributed by atoms with Crippen LogP contribution in [0.4, 0.5) is 0 Å². The first kappa shape index (κ1) is 15.5. The van der Waals surface area contributed by atoms with Crippen LogP contribution < -0.4 is 5.73 Å². The zero-order valence-corrected chi connectivity index (χ0v) is 13.3. The van der Waals surface area contributed by atoms with E-state index in [0.29, 0.717) is 6.54 Å². The molecule has 3 heteroatoms. The predicted octanol–water partition coefficient (Wildman–Crippen LogP) is 2.71. The van der Waals surface area contributed by atoms with Gasteiger partial charge in [-0.25, -0.2) is 0 Å². The lowest BCUT2D eigenvalue weighted by Crippen LogP contribution is -2.59. The molecule has 3 nitrogen and oxygen atoms in total. The van der Waals surface area contributed by atoms with E-state index in [4.69, 9.17) is 10.5 Å². The lowest BCUT2D eigenvalue weighted by atomic mass is 9.80. The van der Waals surface area contributed by atoms with Crippen LogP contribution in [0.15, 0.2) is 24.3 Å². The smallest absolute Gasteiger partial charge is 0.0644 e. The topological polar surface area (TPSA) is 38.5 Å². The fraction of sp³-hybridized carbons (Fsp3) is 0.647. The van der Waals surface area contributed by atoms with Crippen molar-refractivity contribution >= 4 is 0 Å². The molecule has 1 aromatic carbocycles. The summed E-state index contributed by atoms with van der Waals surface area (Å²) < 4.78 is 5.86. The molecule has 1 aliphatic rings. The van der Waals surface area contributed by atoms with Crippen molar-refractivity contribution in [3.05, 3.63) is 35.4 Å². The second kappa shape index (κ2) is 5.84. The molecule has 1 saturated heterocycles. The highest BCUT2D eigenvalue weighted by atomic mass is 16.5. The highest BCUT2D eigenvalue weighted by molar-refractivity contribution is 5.22. The second-order valence-electron chi connectivity index (χ2n) is 6.81. The summed E-state index contributed by atoms with van der Waals surface area (Å²) in [6.07, 6.45) is 1.99. The van der Waals surface area contributed by atoms with E-state index in [1.807, 2.05) is 0 Å². The molecule has 1 heterocycles. The molecular formula is C17H28N2O. The first-order chi connectivity index (χ1) is 9.37. The van der Waals surface area contributed by atoms with Crippen molar-refractivity contribution in [3.63, 3.8) is 0 Å². The molecule has 1 atom stereocenters. The number of ether oxygens (including phenoxy) is 1. The first-order valence-corrected chi connectivity index (χ1v) is 7.48. The average molecular weight is 276 g/mol. The van der Waals surface area contributed by atoms with E-state index >= 15 is 0 Å². The fourth-order valence-electron chi connectivity index (χ4n) is 3.36. The minimum Gasteiger partial charge on any atom is -0.375 e. The maximum atomic E-state index is 6.15. The Morgan fingerprint density at radius 1 is 1.35 bits per heavy atom. The quantitative estimate of drug-likeness (QED) is 0.919. The fourth-order valence-corrected chi connectivity index (χ4v) is 3.36. The third-order valence-corrected chi connectivity index (χ3v) is 4.51. The summed E-state index contributed by atoms with van der Waals surface area (Å²) in [6.45, 7) is 8.88. The number of likely N-dealkylation sites (N-methyl/N-ethyl adjacent to an activating group) is 1. The molecule has 0 spiro atoms. The Labute approximate surface area is 123 Å². The summed E-state index contributed by atoms with van der Waals surface area (Å²) in [5.74, 6) is 0. The standard InChI is InChI=1S/C17H28N2O/c1-14-6-5-7-15(10-14)11-19(4)17(13-18)8-9-20-16(2,3)12-17/h5-7,10H,8-9,11-13,18H2,1-4H3. The van der Waals surface area contributed by atoms with Gasteiger partial charge in [-0.2, -0.15) is 0 Å². The van der Waals surface area contributed by atoms with Gasteiger partial charge in [0.2, 0.25) is 0 Å². The molecule has 0 aromatic heterocycles. The molecule has 0 saturated carbocycles. The van der Waals surface area contributed by atoms with Crippen molar-refractivity contribution in [2.45, 2.75) is 51.3 Å². The zero-order chi connectivity index (χ0) is 14.8. The molecule has 1 aliphatic heterocycles. The van der Waals surface area contributed by atoms with Gasteiger partial charge in [0.1, 0.15) is 0 Å². The highest BCUT2D eigenvalue weighted by Gasteiger charge is 2.42. The van der Waals surface area contributed by atoms with E-state index < -0.39 is 0 Å². The third-order valence-electron chi connectivity index (χ3n) is 4.51. The van der Waals surface area contributed by atoms with Crippen LogP contribution in [0.3, 0.4) is 0 Å². The lowest BCUT2D eigenvalue weighted by Gasteiger charge is -2.49. The number of hydrogen-bond acceptors (Lipinski definition) is 3. The maximum Gasteiger partial charge on any atom is 0.0644 e. The summed E-state index contributed by atoms with van der Waals surface area (Å²) in [4.78, 5) is 2.42. The van der Waals surface area contributed by atoms with Crippen molar-refractivity contribution in [1.29, 1.82) is 0 Å². The summed E-state index contributed by atoms with van der Waals surface area (Å²) >= 11 is 0. The van der Waals surface area contributed by atoms with Gasteiger partial charge in [0.05, 0.1) is 5.60 Å². The van der Waals surface area contributed by atoms with Crippen LogP contribution in [-0.2, 0) is 11.3 Å². The molecule has 0 amide bonds. The van der Waals surface area contributed by atoms with Gasteiger partial charge in [-0.3, -0.25) is 4.90 Å². The zero-order valence-electron chi connectivity index (χ0n) is 13.3. The van der Waals surface area contributed by atoms with E-state index in [1.165, 1.54) is 11.1 Å². The number of nitrogens with two attached hydrogens (primary N) is 1. The van der Waals surface area contributed by atoms with Gasteiger partial charge in [0.25, 0.3) is 0 Å². The Balaban J connectivity index is 2.14. The maximum absolute atomic E-state index is 6.15. The number of nitrogens with zero attached hydrogens (tertiary/aromatic N) is 1. The Bertz CT molecular complexity index is 458. The Morgan fingerprint density at radius 3 is 2.70 bits per heavy atom. The van der Waals surface area contributed by atoms with E-state index in [2.05, 4.69) is 57.0 Å². The summed E-state index contributed by atoms with van der Waals surface area (Å²) in [7, 11) is 2.19.